The van der Waals surface area contributed by atoms with Crippen LogP contribution in [0.15, 0.2) is 36.0 Å². The third kappa shape index (κ3) is 12.5. The quantitative estimate of drug-likeness (QED) is 0.113. The standard InChI is InChI=1S/C38H64N2O9/c1-9-19-39-20-12-21-40(23-22-39)36(44)48-32-15-14-27(4)34(49-33(43)24-29(41)16-18-38(32,7)46-8)26(3)13-11-17-37(6,45)25-31-35(47-31)28(5)30(42)10-2/h11,13-15,17,27-32,34-35,41-42,45H,9-10,12,16,18-25H2,1-8H3/b15-14+,17-11+,26-13+. The Hall–Kier alpha value is -2.28. The van der Waals surface area contributed by atoms with Crippen molar-refractivity contribution >= 4 is 12.1 Å². The van der Waals surface area contributed by atoms with Crippen LogP contribution in [0.3, 0.4) is 0 Å². The van der Waals surface area contributed by atoms with Crippen molar-refractivity contribution in [3.63, 3.8) is 0 Å². The van der Waals surface area contributed by atoms with Crippen molar-refractivity contribution < 1.29 is 43.9 Å². The van der Waals surface area contributed by atoms with Crippen LogP contribution in [0.4, 0.5) is 4.79 Å². The van der Waals surface area contributed by atoms with Crippen molar-refractivity contribution in [2.45, 2.75) is 141 Å². The van der Waals surface area contributed by atoms with E-state index in [1.54, 1.807) is 31.1 Å². The lowest BCUT2D eigenvalue weighted by Crippen LogP contribution is -2.47. The number of methoxy groups -OCH3 is 1. The van der Waals surface area contributed by atoms with Crippen LogP contribution in [0.25, 0.3) is 0 Å². The van der Waals surface area contributed by atoms with E-state index in [0.29, 0.717) is 32.4 Å². The minimum Gasteiger partial charge on any atom is -0.457 e. The summed E-state index contributed by atoms with van der Waals surface area (Å²) in [4.78, 5) is 30.6. The number of allylic oxidation sites excluding steroid dienone is 2. The van der Waals surface area contributed by atoms with Crippen molar-refractivity contribution in [2.24, 2.45) is 11.8 Å². The molecule has 3 N–H and O–H groups in total. The first-order chi connectivity index (χ1) is 23.1. The summed E-state index contributed by atoms with van der Waals surface area (Å²) in [5, 5.41) is 32.0. The zero-order valence-corrected chi connectivity index (χ0v) is 31.2. The second-order valence-electron chi connectivity index (χ2n) is 14.9. The Balaban J connectivity index is 1.77. The molecule has 3 heterocycles. The highest BCUT2D eigenvalue weighted by atomic mass is 16.6. The lowest BCUT2D eigenvalue weighted by molar-refractivity contribution is -0.151. The van der Waals surface area contributed by atoms with E-state index in [9.17, 15) is 24.9 Å². The van der Waals surface area contributed by atoms with Gasteiger partial charge in [0.2, 0.25) is 0 Å². The second kappa shape index (κ2) is 18.8. The highest BCUT2D eigenvalue weighted by Gasteiger charge is 2.47. The molecule has 1 amide bonds. The summed E-state index contributed by atoms with van der Waals surface area (Å²) in [6.45, 7) is 17.4. The number of carbonyl (C=O) groups excluding carboxylic acids is 2. The summed E-state index contributed by atoms with van der Waals surface area (Å²) in [5.41, 5.74) is -1.34. The zero-order valence-electron chi connectivity index (χ0n) is 31.2. The molecule has 10 unspecified atom stereocenters. The molecular formula is C38H64N2O9. The second-order valence-corrected chi connectivity index (χ2v) is 14.9. The number of aliphatic hydroxyl groups is 3. The molecule has 0 aromatic heterocycles. The Labute approximate surface area is 294 Å². The number of amides is 1. The molecule has 3 aliphatic heterocycles. The van der Waals surface area contributed by atoms with Crippen LogP contribution in [0.1, 0.15) is 93.4 Å². The first kappa shape index (κ1) is 41.1. The molecule has 10 atom stereocenters. The van der Waals surface area contributed by atoms with Gasteiger partial charge in [-0.25, -0.2) is 4.79 Å². The minimum atomic E-state index is -1.14. The molecule has 11 heteroatoms. The topological polar surface area (TPSA) is 142 Å². The van der Waals surface area contributed by atoms with Gasteiger partial charge in [-0.2, -0.15) is 0 Å². The van der Waals surface area contributed by atoms with Crippen LogP contribution in [-0.4, -0.2) is 125 Å². The van der Waals surface area contributed by atoms with Crippen molar-refractivity contribution in [1.29, 1.82) is 0 Å². The summed E-state index contributed by atoms with van der Waals surface area (Å²) in [5.74, 6) is -0.833. The average molecular weight is 693 g/mol. The highest BCUT2D eigenvalue weighted by molar-refractivity contribution is 5.70. The molecule has 0 saturated carbocycles. The van der Waals surface area contributed by atoms with Crippen LogP contribution in [0.2, 0.25) is 0 Å². The van der Waals surface area contributed by atoms with E-state index in [-0.39, 0.29) is 36.9 Å². The van der Waals surface area contributed by atoms with Gasteiger partial charge in [-0.1, -0.05) is 52.0 Å². The van der Waals surface area contributed by atoms with Gasteiger partial charge in [-0.3, -0.25) is 4.79 Å². The summed E-state index contributed by atoms with van der Waals surface area (Å²) in [7, 11) is 1.57. The van der Waals surface area contributed by atoms with Crippen LogP contribution < -0.4 is 0 Å². The van der Waals surface area contributed by atoms with Crippen molar-refractivity contribution in [3.8, 4) is 0 Å². The number of aliphatic hydroxyl groups excluding tert-OH is 2. The number of nitrogens with zero attached hydrogens (tertiary/aromatic N) is 2. The Bertz CT molecular complexity index is 1160. The number of cyclic esters (lactones) is 1. The molecule has 0 aromatic carbocycles. The molecule has 3 rings (SSSR count). The van der Waals surface area contributed by atoms with E-state index in [2.05, 4.69) is 11.8 Å². The SMILES string of the molecule is CCCN1CCCN(C(=O)OC2/C=C/C(C)C(/C(C)=C/C=C/C(C)(O)CC3OC3C(C)C(O)CC)OC(=O)CC(O)CCC2(C)OC)CC1. The fraction of sp³-hybridized carbons (Fsp3) is 0.789. The maximum atomic E-state index is 13.5. The Morgan fingerprint density at radius 3 is 2.63 bits per heavy atom. The monoisotopic (exact) mass is 692 g/mol. The molecule has 0 aromatic rings. The Morgan fingerprint density at radius 2 is 1.96 bits per heavy atom. The van der Waals surface area contributed by atoms with E-state index in [0.717, 1.165) is 38.0 Å². The molecule has 3 aliphatic rings. The number of rotatable bonds is 12. The highest BCUT2D eigenvalue weighted by Crippen LogP contribution is 2.37. The first-order valence-corrected chi connectivity index (χ1v) is 18.3. The van der Waals surface area contributed by atoms with Gasteiger partial charge < -0.3 is 44.1 Å². The number of carbonyl (C=O) groups is 2. The molecule has 280 valence electrons. The fourth-order valence-electron chi connectivity index (χ4n) is 6.89. The van der Waals surface area contributed by atoms with E-state index in [1.165, 1.54) is 0 Å². The molecule has 2 saturated heterocycles. The fourth-order valence-corrected chi connectivity index (χ4v) is 6.89. The van der Waals surface area contributed by atoms with Crippen LogP contribution in [0.5, 0.6) is 0 Å². The lowest BCUT2D eigenvalue weighted by Gasteiger charge is -2.36. The zero-order chi connectivity index (χ0) is 36.4. The van der Waals surface area contributed by atoms with Gasteiger partial charge in [0.25, 0.3) is 0 Å². The molecule has 0 aliphatic carbocycles. The summed E-state index contributed by atoms with van der Waals surface area (Å²) in [6.07, 6.45) is 8.99. The lowest BCUT2D eigenvalue weighted by atomic mass is 9.88. The molecule has 0 radical (unpaired) electrons. The van der Waals surface area contributed by atoms with E-state index in [1.807, 2.05) is 52.8 Å². The van der Waals surface area contributed by atoms with E-state index in [4.69, 9.17) is 18.9 Å². The van der Waals surface area contributed by atoms with Gasteiger partial charge in [0.15, 0.2) is 6.10 Å². The molecule has 0 bridgehead atoms. The van der Waals surface area contributed by atoms with Crippen LogP contribution in [-0.2, 0) is 23.7 Å². The van der Waals surface area contributed by atoms with Gasteiger partial charge in [0.05, 0.1) is 36.4 Å². The van der Waals surface area contributed by atoms with Gasteiger partial charge in [-0.05, 0) is 77.6 Å². The van der Waals surface area contributed by atoms with Crippen LogP contribution >= 0.6 is 0 Å². The minimum absolute atomic E-state index is 0.00327. The van der Waals surface area contributed by atoms with Gasteiger partial charge in [0, 0.05) is 45.0 Å². The third-order valence-electron chi connectivity index (χ3n) is 10.4. The molecule has 49 heavy (non-hydrogen) atoms. The molecule has 2 fully saturated rings. The smallest absolute Gasteiger partial charge is 0.410 e. The number of hydrogen-bond donors (Lipinski definition) is 3. The van der Waals surface area contributed by atoms with Crippen molar-refractivity contribution in [3.05, 3.63) is 36.0 Å². The van der Waals surface area contributed by atoms with Crippen LogP contribution in [0, 0.1) is 11.8 Å². The first-order valence-electron chi connectivity index (χ1n) is 18.3. The van der Waals surface area contributed by atoms with E-state index < -0.39 is 47.7 Å². The molecular weight excluding hydrogens is 628 g/mol. The number of esters is 1. The Kier molecular flexibility index (Phi) is 15.8. The number of ether oxygens (including phenoxy) is 4. The summed E-state index contributed by atoms with van der Waals surface area (Å²) in [6, 6.07) is 0. The number of hydrogen-bond acceptors (Lipinski definition) is 10. The van der Waals surface area contributed by atoms with E-state index >= 15 is 0 Å². The van der Waals surface area contributed by atoms with Crippen molar-refractivity contribution in [1.82, 2.24) is 9.80 Å². The van der Waals surface area contributed by atoms with Gasteiger partial charge in [0.1, 0.15) is 11.7 Å². The van der Waals surface area contributed by atoms with Crippen molar-refractivity contribution in [2.75, 3.05) is 39.8 Å². The third-order valence-corrected chi connectivity index (χ3v) is 10.4. The largest absolute Gasteiger partial charge is 0.457 e. The Morgan fingerprint density at radius 1 is 1.22 bits per heavy atom. The summed E-state index contributed by atoms with van der Waals surface area (Å²) >= 11 is 0. The number of epoxide rings is 1. The average Bonchev–Trinajstić information content (AvgIpc) is 3.85. The maximum Gasteiger partial charge on any atom is 0.410 e. The van der Waals surface area contributed by atoms with Gasteiger partial charge >= 0.3 is 12.1 Å². The predicted molar refractivity (Wildman–Crippen MR) is 189 cm³/mol. The predicted octanol–water partition coefficient (Wildman–Crippen LogP) is 4.78. The summed E-state index contributed by atoms with van der Waals surface area (Å²) < 4.78 is 23.8. The van der Waals surface area contributed by atoms with Gasteiger partial charge in [-0.15, -0.1) is 0 Å². The molecule has 11 nitrogen and oxygen atoms in total. The normalized spacial score (nSPS) is 34.1. The molecule has 0 spiro atoms. The maximum absolute atomic E-state index is 13.5.